The van der Waals surface area contributed by atoms with Crippen LogP contribution in [0.5, 0.6) is 0 Å². The van der Waals surface area contributed by atoms with Crippen molar-refractivity contribution in [1.82, 2.24) is 15.0 Å². The second-order valence-electron chi connectivity index (χ2n) is 4.64. The van der Waals surface area contributed by atoms with Crippen LogP contribution in [0.15, 0.2) is 39.6 Å². The molecule has 20 heavy (non-hydrogen) atoms. The molecule has 2 heterocycles. The van der Waals surface area contributed by atoms with Crippen LogP contribution < -0.4 is 5.56 Å². The van der Waals surface area contributed by atoms with E-state index >= 15 is 0 Å². The van der Waals surface area contributed by atoms with Crippen LogP contribution in [0.4, 0.5) is 0 Å². The molecule has 3 aromatic rings. The predicted octanol–water partition coefficient (Wildman–Crippen LogP) is 3.36. The van der Waals surface area contributed by atoms with Gasteiger partial charge in [-0.3, -0.25) is 4.79 Å². The normalized spacial score (nSPS) is 10.9. The summed E-state index contributed by atoms with van der Waals surface area (Å²) in [6.45, 7) is 3.58. The summed E-state index contributed by atoms with van der Waals surface area (Å²) in [5, 5.41) is 1.04. The fourth-order valence-electron chi connectivity index (χ4n) is 2.01. The van der Waals surface area contributed by atoms with Crippen LogP contribution in [-0.2, 0) is 0 Å². The lowest BCUT2D eigenvalue weighted by molar-refractivity contribution is 1.02. The molecule has 0 amide bonds. The first kappa shape index (κ1) is 13.0. The minimum absolute atomic E-state index is 0.130. The van der Waals surface area contributed by atoms with Gasteiger partial charge < -0.3 is 4.98 Å². The average molecular weight is 330 g/mol. The molecule has 1 aromatic carbocycles. The van der Waals surface area contributed by atoms with E-state index in [-0.39, 0.29) is 5.56 Å². The molecule has 0 radical (unpaired) electrons. The highest BCUT2D eigenvalue weighted by Crippen LogP contribution is 2.27. The number of fused-ring (bicyclic) bond motifs is 1. The summed E-state index contributed by atoms with van der Waals surface area (Å²) in [6, 6.07) is 9.81. The van der Waals surface area contributed by atoms with Gasteiger partial charge in [-0.25, -0.2) is 9.97 Å². The lowest BCUT2D eigenvalue weighted by atomic mass is 10.2. The zero-order chi connectivity index (χ0) is 14.3. The standard InChI is InChI=1S/C15H12BrN3O/c1-8-9(2)17-14(19-15(8)20)13-11(16)7-10-5-3-4-6-12(10)18-13/h3-7H,1-2H3,(H,17,19,20). The van der Waals surface area contributed by atoms with Gasteiger partial charge in [-0.15, -0.1) is 0 Å². The Morgan fingerprint density at radius 3 is 2.65 bits per heavy atom. The third kappa shape index (κ3) is 2.14. The minimum atomic E-state index is -0.130. The number of aryl methyl sites for hydroxylation is 1. The van der Waals surface area contributed by atoms with Crippen molar-refractivity contribution in [2.75, 3.05) is 0 Å². The highest BCUT2D eigenvalue weighted by Gasteiger charge is 2.11. The molecular weight excluding hydrogens is 318 g/mol. The molecule has 5 heteroatoms. The maximum Gasteiger partial charge on any atom is 0.254 e. The van der Waals surface area contributed by atoms with Crippen molar-refractivity contribution >= 4 is 26.8 Å². The van der Waals surface area contributed by atoms with Gasteiger partial charge in [0, 0.05) is 21.1 Å². The van der Waals surface area contributed by atoms with Gasteiger partial charge in [0.1, 0.15) is 5.69 Å². The second kappa shape index (κ2) is 4.83. The molecule has 4 nitrogen and oxygen atoms in total. The van der Waals surface area contributed by atoms with Crippen LogP contribution >= 0.6 is 15.9 Å². The first-order valence-electron chi connectivity index (χ1n) is 6.19. The predicted molar refractivity (Wildman–Crippen MR) is 82.8 cm³/mol. The maximum atomic E-state index is 11.9. The molecule has 0 aliphatic heterocycles. The summed E-state index contributed by atoms with van der Waals surface area (Å²) in [5.74, 6) is 0.482. The summed E-state index contributed by atoms with van der Waals surface area (Å²) in [5.41, 5.74) is 2.72. The van der Waals surface area contributed by atoms with Crippen molar-refractivity contribution in [2.45, 2.75) is 13.8 Å². The average Bonchev–Trinajstić information content (AvgIpc) is 2.43. The Hall–Kier alpha value is -2.01. The van der Waals surface area contributed by atoms with Gasteiger partial charge in [-0.2, -0.15) is 0 Å². The number of H-pyrrole nitrogens is 1. The third-order valence-corrected chi connectivity index (χ3v) is 3.90. The molecule has 0 bridgehead atoms. The summed E-state index contributed by atoms with van der Waals surface area (Å²) in [7, 11) is 0. The van der Waals surface area contributed by atoms with Gasteiger partial charge in [-0.05, 0) is 41.9 Å². The molecule has 2 aromatic heterocycles. The number of para-hydroxylation sites is 1. The molecule has 0 saturated heterocycles. The zero-order valence-corrected chi connectivity index (χ0v) is 12.7. The first-order chi connectivity index (χ1) is 9.56. The van der Waals surface area contributed by atoms with Crippen molar-refractivity contribution in [1.29, 1.82) is 0 Å². The quantitative estimate of drug-likeness (QED) is 0.744. The number of nitrogens with one attached hydrogen (secondary N) is 1. The molecule has 100 valence electrons. The third-order valence-electron chi connectivity index (χ3n) is 3.30. The Labute approximate surface area is 124 Å². The van der Waals surface area contributed by atoms with Crippen LogP contribution in [0.3, 0.4) is 0 Å². The van der Waals surface area contributed by atoms with Crippen LogP contribution in [0.25, 0.3) is 22.4 Å². The molecule has 3 rings (SSSR count). The van der Waals surface area contributed by atoms with Crippen molar-refractivity contribution in [3.05, 3.63) is 56.4 Å². The van der Waals surface area contributed by atoms with Gasteiger partial charge in [0.15, 0.2) is 5.82 Å². The van der Waals surface area contributed by atoms with Crippen molar-refractivity contribution < 1.29 is 0 Å². The summed E-state index contributed by atoms with van der Waals surface area (Å²) < 4.78 is 0.808. The van der Waals surface area contributed by atoms with Crippen molar-refractivity contribution in [2.24, 2.45) is 0 Å². The smallest absolute Gasteiger partial charge is 0.254 e. The highest BCUT2D eigenvalue weighted by molar-refractivity contribution is 9.10. The number of aromatic amines is 1. The Bertz CT molecular complexity index is 871. The summed E-state index contributed by atoms with van der Waals surface area (Å²) in [4.78, 5) is 23.7. The fourth-order valence-corrected chi connectivity index (χ4v) is 2.54. The number of nitrogens with zero attached hydrogens (tertiary/aromatic N) is 2. The Morgan fingerprint density at radius 2 is 1.90 bits per heavy atom. The molecule has 0 aliphatic rings. The number of hydrogen-bond donors (Lipinski definition) is 1. The van der Waals surface area contributed by atoms with E-state index in [0.717, 1.165) is 15.4 Å². The van der Waals surface area contributed by atoms with Crippen LogP contribution in [0.2, 0.25) is 0 Å². The summed E-state index contributed by atoms with van der Waals surface area (Å²) >= 11 is 3.50. The van der Waals surface area contributed by atoms with Gasteiger partial charge in [0.25, 0.3) is 5.56 Å². The van der Waals surface area contributed by atoms with Crippen molar-refractivity contribution in [3.63, 3.8) is 0 Å². The Kier molecular flexibility index (Phi) is 3.14. The summed E-state index contributed by atoms with van der Waals surface area (Å²) in [6.07, 6.45) is 0. The Balaban J connectivity index is 2.29. The second-order valence-corrected chi connectivity index (χ2v) is 5.49. The first-order valence-corrected chi connectivity index (χ1v) is 6.99. The number of pyridine rings is 1. The lowest BCUT2D eigenvalue weighted by Gasteiger charge is -2.07. The molecular formula is C15H12BrN3O. The topological polar surface area (TPSA) is 58.6 Å². The number of aromatic nitrogens is 3. The van der Waals surface area contributed by atoms with Crippen LogP contribution in [0, 0.1) is 13.8 Å². The SMILES string of the molecule is Cc1nc(-c2nc3ccccc3cc2Br)[nH]c(=O)c1C. The minimum Gasteiger partial charge on any atom is -0.305 e. The molecule has 0 unspecified atom stereocenters. The van der Waals surface area contributed by atoms with E-state index in [0.29, 0.717) is 22.8 Å². The van der Waals surface area contributed by atoms with Gasteiger partial charge in [0.2, 0.25) is 0 Å². The van der Waals surface area contributed by atoms with E-state index < -0.39 is 0 Å². The highest BCUT2D eigenvalue weighted by atomic mass is 79.9. The maximum absolute atomic E-state index is 11.9. The van der Waals surface area contributed by atoms with Gasteiger partial charge >= 0.3 is 0 Å². The van der Waals surface area contributed by atoms with Gasteiger partial charge in [-0.1, -0.05) is 18.2 Å². The Morgan fingerprint density at radius 1 is 1.15 bits per heavy atom. The fraction of sp³-hybridized carbons (Fsp3) is 0.133. The molecule has 0 aliphatic carbocycles. The van der Waals surface area contributed by atoms with E-state index in [1.165, 1.54) is 0 Å². The van der Waals surface area contributed by atoms with Crippen LogP contribution in [-0.4, -0.2) is 15.0 Å². The van der Waals surface area contributed by atoms with E-state index in [4.69, 9.17) is 0 Å². The van der Waals surface area contributed by atoms with E-state index in [1.807, 2.05) is 37.3 Å². The molecule has 1 N–H and O–H groups in total. The van der Waals surface area contributed by atoms with E-state index in [2.05, 4.69) is 30.9 Å². The molecule has 0 fully saturated rings. The number of hydrogen-bond acceptors (Lipinski definition) is 3. The van der Waals surface area contributed by atoms with Gasteiger partial charge in [0.05, 0.1) is 5.52 Å². The number of benzene rings is 1. The van der Waals surface area contributed by atoms with Crippen LogP contribution in [0.1, 0.15) is 11.3 Å². The van der Waals surface area contributed by atoms with Crippen molar-refractivity contribution in [3.8, 4) is 11.5 Å². The zero-order valence-electron chi connectivity index (χ0n) is 11.1. The monoisotopic (exact) mass is 329 g/mol. The number of rotatable bonds is 1. The molecule has 0 spiro atoms. The largest absolute Gasteiger partial charge is 0.305 e. The van der Waals surface area contributed by atoms with E-state index in [9.17, 15) is 4.79 Å². The number of halogens is 1. The molecule has 0 atom stereocenters. The molecule has 0 saturated carbocycles. The van der Waals surface area contributed by atoms with E-state index in [1.54, 1.807) is 6.92 Å². The lowest BCUT2D eigenvalue weighted by Crippen LogP contribution is -2.14.